The molecule has 1 amide bonds. The van der Waals surface area contributed by atoms with Crippen molar-refractivity contribution in [1.82, 2.24) is 30.0 Å². The van der Waals surface area contributed by atoms with Gasteiger partial charge in [0.15, 0.2) is 11.6 Å². The number of nitrogens with zero attached hydrogens (tertiary/aromatic N) is 5. The zero-order valence-corrected chi connectivity index (χ0v) is 17.3. The van der Waals surface area contributed by atoms with Crippen LogP contribution in [0.25, 0.3) is 0 Å². The number of methoxy groups -OCH3 is 1. The molecule has 0 radical (unpaired) electrons. The zero-order chi connectivity index (χ0) is 20.9. The van der Waals surface area contributed by atoms with E-state index in [4.69, 9.17) is 9.15 Å². The lowest BCUT2D eigenvalue weighted by Gasteiger charge is -2.19. The number of amides is 1. The number of nitrogens with one attached hydrogen (secondary N) is 1. The summed E-state index contributed by atoms with van der Waals surface area (Å²) in [5, 5.41) is 11.5. The summed E-state index contributed by atoms with van der Waals surface area (Å²) in [4.78, 5) is 19.3. The van der Waals surface area contributed by atoms with E-state index in [1.54, 1.807) is 19.2 Å². The molecule has 0 atom stereocenters. The molecule has 0 aliphatic carbocycles. The van der Waals surface area contributed by atoms with Gasteiger partial charge in [0.05, 0.1) is 12.2 Å². The zero-order valence-electron chi connectivity index (χ0n) is 17.3. The molecule has 3 aromatic rings. The van der Waals surface area contributed by atoms with Crippen LogP contribution < -0.4 is 5.32 Å². The third kappa shape index (κ3) is 4.74. The van der Waals surface area contributed by atoms with E-state index < -0.39 is 0 Å². The summed E-state index contributed by atoms with van der Waals surface area (Å²) in [6.45, 7) is 6.00. The number of carbonyl (C=O) groups is 1. The van der Waals surface area contributed by atoms with Crippen LogP contribution in [0.2, 0.25) is 0 Å². The Morgan fingerprint density at radius 1 is 1.20 bits per heavy atom. The number of hydrogen-bond donors (Lipinski definition) is 1. The lowest BCUT2D eigenvalue weighted by atomic mass is 10.3. The van der Waals surface area contributed by atoms with Crippen molar-refractivity contribution in [1.29, 1.82) is 0 Å². The molecular formula is C21H26N6O3. The number of fused-ring (bicyclic) bond motifs is 1. The molecule has 4 heterocycles. The Morgan fingerprint density at radius 2 is 2.10 bits per heavy atom. The van der Waals surface area contributed by atoms with E-state index in [0.717, 1.165) is 55.6 Å². The number of aromatic nitrogens is 4. The largest absolute Gasteiger partial charge is 0.453 e. The molecule has 0 unspecified atom stereocenters. The summed E-state index contributed by atoms with van der Waals surface area (Å²) in [5.41, 5.74) is 2.11. The minimum Gasteiger partial charge on any atom is -0.453 e. The second kappa shape index (κ2) is 9.19. The van der Waals surface area contributed by atoms with Gasteiger partial charge in [-0.15, -0.1) is 10.2 Å². The Kier molecular flexibility index (Phi) is 6.20. The van der Waals surface area contributed by atoms with Crippen LogP contribution in [-0.4, -0.2) is 50.8 Å². The molecule has 9 heteroatoms. The van der Waals surface area contributed by atoms with Gasteiger partial charge in [-0.1, -0.05) is 6.07 Å². The molecule has 0 bridgehead atoms. The summed E-state index contributed by atoms with van der Waals surface area (Å²) in [6.07, 6.45) is 0.811. The summed E-state index contributed by atoms with van der Waals surface area (Å²) in [7, 11) is 1.58. The molecule has 0 aromatic carbocycles. The van der Waals surface area contributed by atoms with E-state index in [9.17, 15) is 4.79 Å². The molecule has 4 rings (SSSR count). The number of aryl methyl sites for hydroxylation is 1. The molecule has 158 valence electrons. The first-order chi connectivity index (χ1) is 14.6. The Balaban J connectivity index is 1.35. The van der Waals surface area contributed by atoms with Crippen molar-refractivity contribution in [3.8, 4) is 0 Å². The van der Waals surface area contributed by atoms with Crippen molar-refractivity contribution in [3.05, 3.63) is 64.9 Å². The highest BCUT2D eigenvalue weighted by molar-refractivity contribution is 5.91. The van der Waals surface area contributed by atoms with Crippen LogP contribution in [0.5, 0.6) is 0 Å². The van der Waals surface area contributed by atoms with Crippen molar-refractivity contribution >= 4 is 5.91 Å². The normalized spacial score (nSPS) is 14.3. The van der Waals surface area contributed by atoms with Crippen LogP contribution in [-0.2, 0) is 37.4 Å². The predicted molar refractivity (Wildman–Crippen MR) is 109 cm³/mol. The van der Waals surface area contributed by atoms with Gasteiger partial charge in [0.2, 0.25) is 0 Å². The summed E-state index contributed by atoms with van der Waals surface area (Å²) in [6, 6.07) is 9.49. The van der Waals surface area contributed by atoms with Crippen LogP contribution in [0.3, 0.4) is 0 Å². The molecular weight excluding hydrogens is 384 g/mol. The van der Waals surface area contributed by atoms with Crippen molar-refractivity contribution in [3.63, 3.8) is 0 Å². The smallest absolute Gasteiger partial charge is 0.287 e. The SMILES string of the molecule is COCc1ccc(C(=O)NCc2nnc3n2CCN(Cc2cccc(C)n2)CC3)o1. The van der Waals surface area contributed by atoms with Crippen molar-refractivity contribution in [2.45, 2.75) is 39.6 Å². The van der Waals surface area contributed by atoms with E-state index >= 15 is 0 Å². The maximum absolute atomic E-state index is 12.4. The second-order valence-electron chi connectivity index (χ2n) is 7.36. The minimum atomic E-state index is -0.282. The topological polar surface area (TPSA) is 98.3 Å². The maximum atomic E-state index is 12.4. The Morgan fingerprint density at radius 3 is 2.93 bits per heavy atom. The number of carbonyl (C=O) groups excluding carboxylic acids is 1. The molecule has 0 fully saturated rings. The molecule has 3 aromatic heterocycles. The fraction of sp³-hybridized carbons (Fsp3) is 0.429. The van der Waals surface area contributed by atoms with Gasteiger partial charge in [0.1, 0.15) is 18.2 Å². The van der Waals surface area contributed by atoms with E-state index in [-0.39, 0.29) is 11.7 Å². The number of pyridine rings is 1. The van der Waals surface area contributed by atoms with Crippen LogP contribution in [0.4, 0.5) is 0 Å². The molecule has 0 spiro atoms. The van der Waals surface area contributed by atoms with Gasteiger partial charge in [0, 0.05) is 45.4 Å². The second-order valence-corrected chi connectivity index (χ2v) is 7.36. The quantitative estimate of drug-likeness (QED) is 0.633. The van der Waals surface area contributed by atoms with Crippen LogP contribution in [0.15, 0.2) is 34.7 Å². The average molecular weight is 410 g/mol. The number of furan rings is 1. The van der Waals surface area contributed by atoms with Crippen molar-refractivity contribution in [2.24, 2.45) is 0 Å². The van der Waals surface area contributed by atoms with Gasteiger partial charge in [-0.25, -0.2) is 0 Å². The lowest BCUT2D eigenvalue weighted by molar-refractivity contribution is 0.0913. The highest BCUT2D eigenvalue weighted by Crippen LogP contribution is 2.13. The standard InChI is InChI=1S/C21H26N6O3/c1-15-4-3-5-16(23-15)13-26-9-8-19-24-25-20(27(19)11-10-26)12-22-21(28)18-7-6-17(30-18)14-29-2/h3-7H,8-14H2,1-2H3,(H,22,28). The van der Waals surface area contributed by atoms with Gasteiger partial charge >= 0.3 is 0 Å². The van der Waals surface area contributed by atoms with E-state index in [1.165, 1.54) is 0 Å². The third-order valence-electron chi connectivity index (χ3n) is 5.11. The first-order valence-electron chi connectivity index (χ1n) is 10.0. The monoisotopic (exact) mass is 410 g/mol. The van der Waals surface area contributed by atoms with Crippen molar-refractivity contribution < 1.29 is 13.9 Å². The maximum Gasteiger partial charge on any atom is 0.287 e. The van der Waals surface area contributed by atoms with Gasteiger partial charge < -0.3 is 19.0 Å². The predicted octanol–water partition coefficient (Wildman–Crippen LogP) is 1.71. The highest BCUT2D eigenvalue weighted by atomic mass is 16.5. The first kappa shape index (κ1) is 20.2. The van der Waals surface area contributed by atoms with E-state index in [0.29, 0.717) is 18.9 Å². The fourth-order valence-electron chi connectivity index (χ4n) is 3.60. The fourth-order valence-corrected chi connectivity index (χ4v) is 3.60. The van der Waals surface area contributed by atoms with Gasteiger partial charge in [-0.2, -0.15) is 0 Å². The Bertz CT molecular complexity index is 1010. The van der Waals surface area contributed by atoms with E-state index in [2.05, 4.69) is 36.0 Å². The highest BCUT2D eigenvalue weighted by Gasteiger charge is 2.20. The molecule has 30 heavy (non-hydrogen) atoms. The van der Waals surface area contributed by atoms with Gasteiger partial charge in [-0.05, 0) is 31.2 Å². The minimum absolute atomic E-state index is 0.259. The Hall–Kier alpha value is -3.04. The van der Waals surface area contributed by atoms with Crippen molar-refractivity contribution in [2.75, 3.05) is 20.2 Å². The number of rotatable bonds is 7. The van der Waals surface area contributed by atoms with Gasteiger partial charge in [-0.3, -0.25) is 14.7 Å². The number of ether oxygens (including phenoxy) is 1. The summed E-state index contributed by atoms with van der Waals surface area (Å²) in [5.74, 6) is 2.28. The molecule has 1 N–H and O–H groups in total. The van der Waals surface area contributed by atoms with Crippen LogP contribution >= 0.6 is 0 Å². The summed E-state index contributed by atoms with van der Waals surface area (Å²) >= 11 is 0. The summed E-state index contributed by atoms with van der Waals surface area (Å²) < 4.78 is 12.6. The lowest BCUT2D eigenvalue weighted by Crippen LogP contribution is -2.28. The van der Waals surface area contributed by atoms with Gasteiger partial charge in [0.25, 0.3) is 5.91 Å². The molecule has 0 saturated heterocycles. The van der Waals surface area contributed by atoms with E-state index in [1.807, 2.05) is 19.1 Å². The Labute approximate surface area is 175 Å². The molecule has 9 nitrogen and oxygen atoms in total. The molecule has 1 aliphatic rings. The van der Waals surface area contributed by atoms with Crippen LogP contribution in [0.1, 0.15) is 39.4 Å². The number of hydrogen-bond acceptors (Lipinski definition) is 7. The molecule has 0 saturated carbocycles. The third-order valence-corrected chi connectivity index (χ3v) is 5.11. The first-order valence-corrected chi connectivity index (χ1v) is 10.0. The molecule has 1 aliphatic heterocycles. The average Bonchev–Trinajstić information content (AvgIpc) is 3.30. The van der Waals surface area contributed by atoms with Crippen LogP contribution in [0, 0.1) is 6.92 Å².